The molecule has 1 saturated carbocycles. The molecule has 1 aromatic heterocycles. The Morgan fingerprint density at radius 3 is 2.33 bits per heavy atom. The van der Waals surface area contributed by atoms with Gasteiger partial charge in [-0.15, -0.1) is 0 Å². The fourth-order valence-electron chi connectivity index (χ4n) is 7.03. The van der Waals surface area contributed by atoms with E-state index in [0.29, 0.717) is 10.8 Å². The highest BCUT2D eigenvalue weighted by atomic mass is 32.2. The minimum atomic E-state index is -4.35. The Hall–Kier alpha value is -5.36. The number of phenolic OH excluding ortho intramolecular Hbond substituents is 2. The molecule has 11 nitrogen and oxygen atoms in total. The summed E-state index contributed by atoms with van der Waals surface area (Å²) in [6, 6.07) is 21.3. The third-order valence-corrected chi connectivity index (χ3v) is 11.1. The van der Waals surface area contributed by atoms with E-state index in [1.54, 1.807) is 18.2 Å². The molecule has 246 valence electrons. The maximum absolute atomic E-state index is 14.6. The Morgan fingerprint density at radius 2 is 1.60 bits per heavy atom. The fourth-order valence-corrected chi connectivity index (χ4v) is 8.55. The predicted octanol–water partition coefficient (Wildman–Crippen LogP) is 5.20. The van der Waals surface area contributed by atoms with Crippen molar-refractivity contribution in [2.45, 2.75) is 56.1 Å². The maximum Gasteiger partial charge on any atom is 0.269 e. The third kappa shape index (κ3) is 5.12. The number of para-hydroxylation sites is 1. The van der Waals surface area contributed by atoms with Crippen LogP contribution in [0.5, 0.6) is 11.5 Å². The molecule has 1 atom stereocenters. The van der Waals surface area contributed by atoms with E-state index in [-0.39, 0.29) is 27.8 Å². The molecule has 0 unspecified atom stereocenters. The van der Waals surface area contributed by atoms with Gasteiger partial charge in [0.25, 0.3) is 15.9 Å². The zero-order valence-corrected chi connectivity index (χ0v) is 27.0. The highest BCUT2D eigenvalue weighted by molar-refractivity contribution is 7.90. The number of phenols is 2. The molecule has 3 amide bonds. The van der Waals surface area contributed by atoms with Crippen LogP contribution in [0.2, 0.25) is 0 Å². The van der Waals surface area contributed by atoms with Crippen molar-refractivity contribution in [1.29, 1.82) is 0 Å². The van der Waals surface area contributed by atoms with Crippen LogP contribution in [-0.2, 0) is 26.2 Å². The number of amides is 3. The van der Waals surface area contributed by atoms with Gasteiger partial charge in [0.2, 0.25) is 11.8 Å². The summed E-state index contributed by atoms with van der Waals surface area (Å²) >= 11 is 0. The molecular weight excluding hydrogens is 632 g/mol. The minimum Gasteiger partial charge on any atom is -0.504 e. The predicted molar refractivity (Wildman–Crippen MR) is 180 cm³/mol. The minimum absolute atomic E-state index is 0.0373. The molecule has 5 aromatic rings. The summed E-state index contributed by atoms with van der Waals surface area (Å²) in [7, 11) is -4.35. The number of aromatic nitrogens is 1. The lowest BCUT2D eigenvalue weighted by Gasteiger charge is -2.33. The van der Waals surface area contributed by atoms with Crippen LogP contribution in [0.25, 0.3) is 21.8 Å². The summed E-state index contributed by atoms with van der Waals surface area (Å²) in [5, 5.41) is 25.6. The largest absolute Gasteiger partial charge is 0.504 e. The number of nitrogens with one attached hydrogen (secondary N) is 1. The van der Waals surface area contributed by atoms with E-state index in [0.717, 1.165) is 47.5 Å². The number of benzene rings is 4. The van der Waals surface area contributed by atoms with Gasteiger partial charge in [0, 0.05) is 34.6 Å². The lowest BCUT2D eigenvalue weighted by atomic mass is 10.0. The molecule has 3 N–H and O–H groups in total. The molecule has 2 aliphatic rings. The van der Waals surface area contributed by atoms with E-state index >= 15 is 0 Å². The Morgan fingerprint density at radius 1 is 0.896 bits per heavy atom. The van der Waals surface area contributed by atoms with Crippen molar-refractivity contribution < 1.29 is 33.0 Å². The summed E-state index contributed by atoms with van der Waals surface area (Å²) < 4.78 is 29.7. The van der Waals surface area contributed by atoms with Crippen molar-refractivity contribution in [3.63, 3.8) is 0 Å². The molecule has 1 aliphatic carbocycles. The number of sulfonamides is 1. The SMILES string of the molecule is CCn1c2ccccc2c2ccc(N(C(=O)CN3C(=O)c4ccccc4S3(=O)=O)[C@@H](C(=O)NC3CCCC3)c3ccc(O)c(O)c3)cc21. The molecule has 7 rings (SSSR count). The van der Waals surface area contributed by atoms with Crippen LogP contribution in [0.1, 0.15) is 54.6 Å². The lowest BCUT2D eigenvalue weighted by molar-refractivity contribution is -0.127. The first-order valence-corrected chi connectivity index (χ1v) is 17.4. The molecule has 1 aliphatic heterocycles. The average molecular weight is 667 g/mol. The number of nitrogens with zero attached hydrogens (tertiary/aromatic N) is 3. The van der Waals surface area contributed by atoms with Crippen molar-refractivity contribution in [2.24, 2.45) is 0 Å². The van der Waals surface area contributed by atoms with Gasteiger partial charge in [-0.25, -0.2) is 12.7 Å². The second kappa shape index (κ2) is 12.0. The van der Waals surface area contributed by atoms with Gasteiger partial charge in [-0.05, 0) is 67.8 Å². The zero-order chi connectivity index (χ0) is 33.7. The number of hydrogen-bond acceptors (Lipinski definition) is 7. The Balaban J connectivity index is 1.40. The first-order valence-electron chi connectivity index (χ1n) is 15.9. The molecule has 0 saturated heterocycles. The number of hydrogen-bond donors (Lipinski definition) is 3. The third-order valence-electron chi connectivity index (χ3n) is 9.33. The highest BCUT2D eigenvalue weighted by Gasteiger charge is 2.44. The van der Waals surface area contributed by atoms with Crippen LogP contribution in [0.3, 0.4) is 0 Å². The zero-order valence-electron chi connectivity index (χ0n) is 26.2. The highest BCUT2D eigenvalue weighted by Crippen LogP contribution is 2.38. The van der Waals surface area contributed by atoms with E-state index in [2.05, 4.69) is 9.88 Å². The van der Waals surface area contributed by atoms with Gasteiger partial charge in [-0.2, -0.15) is 0 Å². The summed E-state index contributed by atoms with van der Waals surface area (Å²) in [5.41, 5.74) is 2.20. The van der Waals surface area contributed by atoms with Crippen LogP contribution in [-0.4, -0.2) is 57.8 Å². The number of carbonyl (C=O) groups is 3. The number of rotatable bonds is 8. The molecule has 48 heavy (non-hydrogen) atoms. The quantitative estimate of drug-likeness (QED) is 0.193. The van der Waals surface area contributed by atoms with Crippen molar-refractivity contribution in [2.75, 3.05) is 11.4 Å². The monoisotopic (exact) mass is 666 g/mol. The van der Waals surface area contributed by atoms with Crippen LogP contribution in [0.15, 0.2) is 89.8 Å². The summed E-state index contributed by atoms with van der Waals surface area (Å²) in [5.74, 6) is -3.12. The van der Waals surface area contributed by atoms with E-state index in [9.17, 15) is 33.0 Å². The van der Waals surface area contributed by atoms with Gasteiger partial charge in [-0.3, -0.25) is 19.3 Å². The summed E-state index contributed by atoms with van der Waals surface area (Å²) in [4.78, 5) is 43.3. The van der Waals surface area contributed by atoms with Gasteiger partial charge in [0.15, 0.2) is 11.5 Å². The number of aryl methyl sites for hydroxylation is 1. The Bertz CT molecular complexity index is 2220. The smallest absolute Gasteiger partial charge is 0.269 e. The van der Waals surface area contributed by atoms with Crippen LogP contribution < -0.4 is 10.2 Å². The van der Waals surface area contributed by atoms with Crippen molar-refractivity contribution in [1.82, 2.24) is 14.2 Å². The first kappa shape index (κ1) is 31.3. The Kier molecular flexibility index (Phi) is 7.83. The molecule has 0 radical (unpaired) electrons. The first-order chi connectivity index (χ1) is 23.1. The number of fused-ring (bicyclic) bond motifs is 4. The molecule has 0 bridgehead atoms. The molecular formula is C36H34N4O7S. The lowest BCUT2D eigenvalue weighted by Crippen LogP contribution is -2.49. The molecule has 1 fully saturated rings. The van der Waals surface area contributed by atoms with Gasteiger partial charge in [0.1, 0.15) is 17.5 Å². The summed E-state index contributed by atoms with van der Waals surface area (Å²) in [6.45, 7) is 1.74. The fraction of sp³-hybridized carbons (Fsp3) is 0.250. The van der Waals surface area contributed by atoms with Gasteiger partial charge >= 0.3 is 0 Å². The van der Waals surface area contributed by atoms with Crippen LogP contribution in [0, 0.1) is 0 Å². The van der Waals surface area contributed by atoms with Gasteiger partial charge in [0.05, 0.1) is 11.1 Å². The standard InChI is InChI=1S/C36H34N4O7S/c1-2-38-28-13-7-5-11-25(28)26-17-16-24(20-29(26)38)40(33(43)21-39-36(45)27-12-6-8-14-32(27)48(39,46)47)34(22-15-18-30(41)31(42)19-22)35(44)37-23-9-3-4-10-23/h5-8,11-20,23,34,41-42H,2-4,9-10,21H2,1H3,(H,37,44)/t34-/m1/s1. The van der Waals surface area contributed by atoms with E-state index in [1.807, 2.05) is 37.3 Å². The number of aromatic hydroxyl groups is 2. The topological polar surface area (TPSA) is 149 Å². The van der Waals surface area contributed by atoms with E-state index in [1.165, 1.54) is 41.3 Å². The van der Waals surface area contributed by atoms with Crippen molar-refractivity contribution >= 4 is 55.2 Å². The second-order valence-electron chi connectivity index (χ2n) is 12.2. The maximum atomic E-state index is 14.6. The molecule has 0 spiro atoms. The Labute approximate surface area is 277 Å². The van der Waals surface area contributed by atoms with Crippen molar-refractivity contribution in [3.05, 3.63) is 96.1 Å². The van der Waals surface area contributed by atoms with E-state index < -0.39 is 51.8 Å². The summed E-state index contributed by atoms with van der Waals surface area (Å²) in [6.07, 6.45) is 3.39. The normalized spacial score (nSPS) is 16.4. The average Bonchev–Trinajstić information content (AvgIpc) is 3.76. The molecule has 2 heterocycles. The van der Waals surface area contributed by atoms with E-state index in [4.69, 9.17) is 0 Å². The van der Waals surface area contributed by atoms with Crippen LogP contribution >= 0.6 is 0 Å². The van der Waals surface area contributed by atoms with Gasteiger partial charge < -0.3 is 20.1 Å². The number of carbonyl (C=O) groups excluding carboxylic acids is 3. The molecule has 12 heteroatoms. The second-order valence-corrected chi connectivity index (χ2v) is 14.0. The van der Waals surface area contributed by atoms with Crippen LogP contribution in [0.4, 0.5) is 5.69 Å². The molecule has 4 aromatic carbocycles. The number of anilines is 1. The van der Waals surface area contributed by atoms with Crippen molar-refractivity contribution in [3.8, 4) is 11.5 Å². The van der Waals surface area contributed by atoms with Gasteiger partial charge in [-0.1, -0.05) is 55.3 Å².